The van der Waals surface area contributed by atoms with E-state index in [1.54, 1.807) is 12.3 Å². The van der Waals surface area contributed by atoms with Crippen molar-refractivity contribution < 1.29 is 0 Å². The Morgan fingerprint density at radius 3 is 3.00 bits per heavy atom. The molecular weight excluding hydrogens is 102 g/mol. The van der Waals surface area contributed by atoms with Crippen molar-refractivity contribution in [1.82, 2.24) is 5.32 Å². The first-order valence-electron chi connectivity index (χ1n) is 2.27. The van der Waals surface area contributed by atoms with Gasteiger partial charge in [-0.3, -0.25) is 4.99 Å². The van der Waals surface area contributed by atoms with E-state index in [4.69, 9.17) is 5.26 Å². The Morgan fingerprint density at radius 1 is 1.75 bits per heavy atom. The van der Waals surface area contributed by atoms with Crippen molar-refractivity contribution in [3.8, 4) is 6.07 Å². The van der Waals surface area contributed by atoms with Crippen LogP contribution in [0, 0.1) is 11.3 Å². The highest BCUT2D eigenvalue weighted by Gasteiger charge is 1.97. The van der Waals surface area contributed by atoms with Crippen molar-refractivity contribution in [2.75, 3.05) is 0 Å². The smallest absolute Gasteiger partial charge is 0.158 e. The van der Waals surface area contributed by atoms with Gasteiger partial charge in [0, 0.05) is 6.20 Å². The second kappa shape index (κ2) is 2.12. The zero-order valence-electron chi connectivity index (χ0n) is 4.20. The van der Waals surface area contributed by atoms with Crippen LogP contribution in [0.3, 0.4) is 0 Å². The van der Waals surface area contributed by atoms with Gasteiger partial charge in [0.1, 0.15) is 0 Å². The van der Waals surface area contributed by atoms with Crippen molar-refractivity contribution in [1.29, 1.82) is 5.26 Å². The Morgan fingerprint density at radius 2 is 2.62 bits per heavy atom. The number of nitrogens with one attached hydrogen (secondary N) is 1. The molecule has 1 aliphatic rings. The number of nitriles is 1. The predicted molar refractivity (Wildman–Crippen MR) is 30.2 cm³/mol. The molecule has 8 heavy (non-hydrogen) atoms. The lowest BCUT2D eigenvalue weighted by Gasteiger charge is -1.99. The Balaban J connectivity index is 2.58. The quantitative estimate of drug-likeness (QED) is 0.474. The van der Waals surface area contributed by atoms with E-state index in [2.05, 4.69) is 10.3 Å². The van der Waals surface area contributed by atoms with Gasteiger partial charge in [0.25, 0.3) is 0 Å². The van der Waals surface area contributed by atoms with E-state index >= 15 is 0 Å². The summed E-state index contributed by atoms with van der Waals surface area (Å²) in [7, 11) is 0. The molecule has 0 aliphatic carbocycles. The van der Waals surface area contributed by atoms with Crippen LogP contribution in [0.5, 0.6) is 0 Å². The summed E-state index contributed by atoms with van der Waals surface area (Å²) in [6.07, 6.45) is 4.90. The third-order valence-electron chi connectivity index (χ3n) is 0.817. The zero-order valence-corrected chi connectivity index (χ0v) is 4.20. The number of hydrogen-bond acceptors (Lipinski definition) is 3. The van der Waals surface area contributed by atoms with Crippen LogP contribution in [0.25, 0.3) is 0 Å². The summed E-state index contributed by atoms with van der Waals surface area (Å²) in [5, 5.41) is 11.0. The minimum Gasteiger partial charge on any atom is -0.353 e. The van der Waals surface area contributed by atoms with Gasteiger partial charge in [-0.2, -0.15) is 5.26 Å². The van der Waals surface area contributed by atoms with Crippen LogP contribution in [0.1, 0.15) is 0 Å². The molecule has 40 valence electrons. The minimum atomic E-state index is -0.281. The highest BCUT2D eigenvalue weighted by molar-refractivity contribution is 5.58. The molecule has 0 aromatic carbocycles. The van der Waals surface area contributed by atoms with Crippen LogP contribution in [0.15, 0.2) is 17.3 Å². The van der Waals surface area contributed by atoms with Gasteiger partial charge in [-0.25, -0.2) is 0 Å². The van der Waals surface area contributed by atoms with E-state index in [-0.39, 0.29) is 6.04 Å². The average Bonchev–Trinajstić information content (AvgIpc) is 1.90. The number of rotatable bonds is 0. The SMILES string of the molecule is N#CC1C=CNC=N1. The summed E-state index contributed by atoms with van der Waals surface area (Å²) < 4.78 is 0. The first kappa shape index (κ1) is 4.85. The Labute approximate surface area is 47.3 Å². The summed E-state index contributed by atoms with van der Waals surface area (Å²) >= 11 is 0. The van der Waals surface area contributed by atoms with Crippen molar-refractivity contribution in [3.05, 3.63) is 12.3 Å². The molecule has 3 heteroatoms. The maximum Gasteiger partial charge on any atom is 0.158 e. The molecular formula is C5H5N3. The fraction of sp³-hybridized carbons (Fsp3) is 0.200. The Kier molecular flexibility index (Phi) is 1.29. The molecule has 3 nitrogen and oxygen atoms in total. The van der Waals surface area contributed by atoms with Gasteiger partial charge >= 0.3 is 0 Å². The second-order valence-electron chi connectivity index (χ2n) is 1.38. The number of nitrogens with zero attached hydrogens (tertiary/aromatic N) is 2. The third-order valence-corrected chi connectivity index (χ3v) is 0.817. The molecule has 1 rings (SSSR count). The van der Waals surface area contributed by atoms with Crippen molar-refractivity contribution in [2.24, 2.45) is 4.99 Å². The van der Waals surface area contributed by atoms with E-state index in [9.17, 15) is 0 Å². The van der Waals surface area contributed by atoms with Crippen LogP contribution >= 0.6 is 0 Å². The molecule has 0 spiro atoms. The Bertz CT molecular complexity index is 151. The summed E-state index contributed by atoms with van der Waals surface area (Å²) in [5.41, 5.74) is 0. The molecule has 1 heterocycles. The molecule has 1 unspecified atom stereocenters. The second-order valence-corrected chi connectivity index (χ2v) is 1.38. The van der Waals surface area contributed by atoms with Gasteiger partial charge in [0.15, 0.2) is 6.04 Å². The largest absolute Gasteiger partial charge is 0.353 e. The van der Waals surface area contributed by atoms with Gasteiger partial charge in [0.05, 0.1) is 12.4 Å². The maximum absolute atomic E-state index is 8.25. The molecule has 1 aliphatic heterocycles. The molecule has 0 amide bonds. The standard InChI is InChI=1S/C5H5N3/c6-3-5-1-2-7-4-8-5/h1-2,4-5H,(H,7,8). The molecule has 0 bridgehead atoms. The summed E-state index contributed by atoms with van der Waals surface area (Å²) in [5.74, 6) is 0. The van der Waals surface area contributed by atoms with Crippen molar-refractivity contribution in [2.45, 2.75) is 6.04 Å². The summed E-state index contributed by atoms with van der Waals surface area (Å²) in [4.78, 5) is 3.76. The van der Waals surface area contributed by atoms with E-state index in [1.807, 2.05) is 6.07 Å². The van der Waals surface area contributed by atoms with Gasteiger partial charge in [-0.05, 0) is 6.08 Å². The van der Waals surface area contributed by atoms with Gasteiger partial charge in [-0.15, -0.1) is 0 Å². The first-order chi connectivity index (χ1) is 3.93. The Hall–Kier alpha value is -1.30. The maximum atomic E-state index is 8.25. The summed E-state index contributed by atoms with van der Waals surface area (Å²) in [6, 6.07) is 1.70. The average molecular weight is 107 g/mol. The van der Waals surface area contributed by atoms with Gasteiger partial charge < -0.3 is 5.32 Å². The third kappa shape index (κ3) is 0.850. The molecule has 0 saturated heterocycles. The lowest BCUT2D eigenvalue weighted by molar-refractivity contribution is 0.993. The van der Waals surface area contributed by atoms with Crippen LogP contribution in [0.2, 0.25) is 0 Å². The van der Waals surface area contributed by atoms with Crippen LogP contribution in [-0.2, 0) is 0 Å². The molecule has 0 aromatic rings. The number of hydrogen-bond donors (Lipinski definition) is 1. The van der Waals surface area contributed by atoms with Gasteiger partial charge in [0.2, 0.25) is 0 Å². The van der Waals surface area contributed by atoms with Crippen molar-refractivity contribution in [3.63, 3.8) is 0 Å². The number of aliphatic imine (C=N–C) groups is 1. The van der Waals surface area contributed by atoms with Crippen LogP contribution in [0.4, 0.5) is 0 Å². The molecule has 0 fully saturated rings. The minimum absolute atomic E-state index is 0.281. The first-order valence-corrected chi connectivity index (χ1v) is 2.27. The van der Waals surface area contributed by atoms with E-state index in [0.717, 1.165) is 0 Å². The highest BCUT2D eigenvalue weighted by Crippen LogP contribution is 1.91. The van der Waals surface area contributed by atoms with Crippen molar-refractivity contribution >= 4 is 6.34 Å². The van der Waals surface area contributed by atoms with Crippen LogP contribution < -0.4 is 5.32 Å². The summed E-state index contributed by atoms with van der Waals surface area (Å²) in [6.45, 7) is 0. The van der Waals surface area contributed by atoms with Gasteiger partial charge in [-0.1, -0.05) is 0 Å². The monoisotopic (exact) mass is 107 g/mol. The van der Waals surface area contributed by atoms with E-state index in [1.165, 1.54) is 6.34 Å². The highest BCUT2D eigenvalue weighted by atomic mass is 15.0. The molecule has 0 aromatic heterocycles. The fourth-order valence-electron chi connectivity index (χ4n) is 0.439. The van der Waals surface area contributed by atoms with E-state index in [0.29, 0.717) is 0 Å². The fourth-order valence-corrected chi connectivity index (χ4v) is 0.439. The zero-order chi connectivity index (χ0) is 5.82. The molecule has 0 radical (unpaired) electrons. The topological polar surface area (TPSA) is 48.2 Å². The molecule has 0 saturated carbocycles. The van der Waals surface area contributed by atoms with E-state index < -0.39 is 0 Å². The predicted octanol–water partition coefficient (Wildman–Crippen LogP) is 0.0238. The molecule has 1 atom stereocenters. The van der Waals surface area contributed by atoms with Crippen LogP contribution in [-0.4, -0.2) is 12.4 Å². The lowest BCUT2D eigenvalue weighted by Crippen LogP contribution is -2.11. The lowest BCUT2D eigenvalue weighted by atomic mass is 10.3. The molecule has 1 N–H and O–H groups in total. The normalized spacial score (nSPS) is 24.1.